The maximum absolute atomic E-state index is 13.4. The van der Waals surface area contributed by atoms with Crippen LogP contribution in [0.15, 0.2) is 48.5 Å². The molecule has 2 aliphatic rings. The molecule has 160 valence electrons. The van der Waals surface area contributed by atoms with Crippen LogP contribution in [0.3, 0.4) is 0 Å². The molecule has 0 aliphatic carbocycles. The van der Waals surface area contributed by atoms with Crippen molar-refractivity contribution < 1.29 is 9.59 Å². The number of rotatable bonds is 4. The number of hydrazine groups is 1. The Morgan fingerprint density at radius 1 is 1.10 bits per heavy atom. The molecule has 3 heterocycles. The number of Topliss-reactive ketones (excluding diaryl/α,β-unsaturated/α-hetero) is 1. The van der Waals surface area contributed by atoms with Crippen molar-refractivity contribution in [1.82, 2.24) is 15.7 Å². The van der Waals surface area contributed by atoms with Crippen molar-refractivity contribution in [3.05, 3.63) is 59.7 Å². The van der Waals surface area contributed by atoms with Crippen molar-refractivity contribution in [3.63, 3.8) is 0 Å². The number of carbonyl (C=O) groups excluding carboxylic acids is 2. The maximum Gasteiger partial charge on any atom is 0.257 e. The summed E-state index contributed by atoms with van der Waals surface area (Å²) >= 11 is 1.45. The van der Waals surface area contributed by atoms with E-state index in [2.05, 4.69) is 53.8 Å². The normalized spacial score (nSPS) is 26.1. The van der Waals surface area contributed by atoms with Crippen molar-refractivity contribution in [2.45, 2.75) is 45.3 Å². The van der Waals surface area contributed by atoms with E-state index in [0.29, 0.717) is 17.5 Å². The number of aromatic nitrogens is 1. The molecular formula is C24H26N4O2S. The molecule has 2 aliphatic heterocycles. The Hall–Kier alpha value is -2.61. The van der Waals surface area contributed by atoms with Gasteiger partial charge in [0.25, 0.3) is 5.91 Å². The molecule has 1 amide bonds. The van der Waals surface area contributed by atoms with E-state index in [1.54, 1.807) is 0 Å². The van der Waals surface area contributed by atoms with Gasteiger partial charge in [-0.2, -0.15) is 0 Å². The highest BCUT2D eigenvalue weighted by molar-refractivity contribution is 7.22. The molecule has 0 spiro atoms. The molecule has 3 aromatic rings. The van der Waals surface area contributed by atoms with Crippen LogP contribution < -0.4 is 15.8 Å². The van der Waals surface area contributed by atoms with Crippen LogP contribution in [0.2, 0.25) is 0 Å². The fourth-order valence-corrected chi connectivity index (χ4v) is 5.47. The summed E-state index contributed by atoms with van der Waals surface area (Å²) in [6.45, 7) is 6.36. The van der Waals surface area contributed by atoms with Gasteiger partial charge in [-0.25, -0.2) is 15.4 Å². The summed E-state index contributed by atoms with van der Waals surface area (Å²) in [6.07, 6.45) is 0.227. The third-order valence-electron chi connectivity index (χ3n) is 6.38. The molecule has 0 bridgehead atoms. The largest absolute Gasteiger partial charge is 0.298 e. The zero-order valence-electron chi connectivity index (χ0n) is 17.8. The smallest absolute Gasteiger partial charge is 0.257 e. The number of para-hydroxylation sites is 1. The first-order valence-corrected chi connectivity index (χ1v) is 11.6. The van der Waals surface area contributed by atoms with Crippen LogP contribution in [0, 0.1) is 11.8 Å². The Morgan fingerprint density at radius 2 is 1.84 bits per heavy atom. The summed E-state index contributed by atoms with van der Waals surface area (Å²) in [4.78, 5) is 31.2. The Labute approximate surface area is 185 Å². The molecule has 0 saturated carbocycles. The molecular weight excluding hydrogens is 408 g/mol. The summed E-state index contributed by atoms with van der Waals surface area (Å²) < 4.78 is 1.01. The molecule has 4 atom stereocenters. The molecule has 7 heteroatoms. The van der Waals surface area contributed by atoms with Gasteiger partial charge in [0, 0.05) is 12.0 Å². The molecule has 0 radical (unpaired) electrons. The Morgan fingerprint density at radius 3 is 2.55 bits per heavy atom. The van der Waals surface area contributed by atoms with Crippen LogP contribution in [0.25, 0.3) is 10.2 Å². The van der Waals surface area contributed by atoms with Crippen LogP contribution in [0.5, 0.6) is 0 Å². The van der Waals surface area contributed by atoms with Crippen molar-refractivity contribution in [1.29, 1.82) is 0 Å². The number of thiazole rings is 1. The first kappa shape index (κ1) is 20.3. The first-order chi connectivity index (χ1) is 14.9. The molecule has 5 rings (SSSR count). The van der Waals surface area contributed by atoms with Crippen LogP contribution in [-0.2, 0) is 16.0 Å². The van der Waals surface area contributed by atoms with Gasteiger partial charge in [0.15, 0.2) is 5.78 Å². The number of anilines is 1. The highest BCUT2D eigenvalue weighted by Gasteiger charge is 2.52. The zero-order chi connectivity index (χ0) is 21.7. The van der Waals surface area contributed by atoms with Gasteiger partial charge in [0.05, 0.1) is 16.4 Å². The Balaban J connectivity index is 1.37. The number of fused-ring (bicyclic) bond motifs is 2. The van der Waals surface area contributed by atoms with Crippen LogP contribution in [0.4, 0.5) is 5.13 Å². The van der Waals surface area contributed by atoms with Gasteiger partial charge in [-0.1, -0.05) is 61.6 Å². The summed E-state index contributed by atoms with van der Waals surface area (Å²) in [7, 11) is 0. The molecule has 31 heavy (non-hydrogen) atoms. The van der Waals surface area contributed by atoms with Gasteiger partial charge in [-0.3, -0.25) is 14.9 Å². The Bertz CT molecular complexity index is 1110. The SMILES string of the molecule is CC(C)c1ccc(CC2C(=O)C3C(=O)N(c4nc5ccccc5s4)NC3NC2C)cc1. The first-order valence-electron chi connectivity index (χ1n) is 10.8. The minimum Gasteiger partial charge on any atom is -0.298 e. The fourth-order valence-electron chi connectivity index (χ4n) is 4.53. The highest BCUT2D eigenvalue weighted by atomic mass is 32.1. The maximum atomic E-state index is 13.4. The van der Waals surface area contributed by atoms with Crippen LogP contribution >= 0.6 is 11.3 Å². The molecule has 4 unspecified atom stereocenters. The number of hydrogen-bond acceptors (Lipinski definition) is 6. The van der Waals surface area contributed by atoms with Crippen molar-refractivity contribution >= 4 is 38.4 Å². The average molecular weight is 435 g/mol. The van der Waals surface area contributed by atoms with Crippen molar-refractivity contribution in [2.75, 3.05) is 5.01 Å². The van der Waals surface area contributed by atoms with Gasteiger partial charge in [0.1, 0.15) is 5.92 Å². The van der Waals surface area contributed by atoms with E-state index in [0.717, 1.165) is 15.8 Å². The third-order valence-corrected chi connectivity index (χ3v) is 7.40. The monoisotopic (exact) mass is 434 g/mol. The molecule has 2 N–H and O–H groups in total. The number of nitrogens with one attached hydrogen (secondary N) is 2. The minimum absolute atomic E-state index is 0.00490. The van der Waals surface area contributed by atoms with E-state index in [4.69, 9.17) is 0 Å². The van der Waals surface area contributed by atoms with Gasteiger partial charge < -0.3 is 0 Å². The van der Waals surface area contributed by atoms with E-state index in [1.807, 2.05) is 31.2 Å². The van der Waals surface area contributed by atoms with Crippen LogP contribution in [0.1, 0.15) is 37.8 Å². The second-order valence-electron chi connectivity index (χ2n) is 8.79. The van der Waals surface area contributed by atoms with Crippen molar-refractivity contribution in [3.8, 4) is 0 Å². The number of carbonyl (C=O) groups is 2. The predicted octanol–water partition coefficient (Wildman–Crippen LogP) is 3.63. The van der Waals surface area contributed by atoms with E-state index in [-0.39, 0.29) is 23.7 Å². The quantitative estimate of drug-likeness (QED) is 0.614. The highest BCUT2D eigenvalue weighted by Crippen LogP contribution is 2.34. The molecule has 2 aromatic carbocycles. The number of piperidine rings is 1. The molecule has 6 nitrogen and oxygen atoms in total. The second kappa shape index (κ2) is 7.82. The second-order valence-corrected chi connectivity index (χ2v) is 9.80. The number of hydrogen-bond donors (Lipinski definition) is 2. The lowest BCUT2D eigenvalue weighted by Crippen LogP contribution is -2.59. The topological polar surface area (TPSA) is 74.3 Å². The molecule has 2 saturated heterocycles. The number of nitrogens with zero attached hydrogens (tertiary/aromatic N) is 2. The van der Waals surface area contributed by atoms with Crippen molar-refractivity contribution in [2.24, 2.45) is 11.8 Å². The summed E-state index contributed by atoms with van der Waals surface area (Å²) in [5.41, 5.74) is 6.44. The van der Waals surface area contributed by atoms with Gasteiger partial charge >= 0.3 is 0 Å². The molecule has 2 fully saturated rings. The van der Waals surface area contributed by atoms with Crippen LogP contribution in [-0.4, -0.2) is 28.9 Å². The van der Waals surface area contributed by atoms with E-state index < -0.39 is 12.1 Å². The third kappa shape index (κ3) is 3.56. The van der Waals surface area contributed by atoms with E-state index in [1.165, 1.54) is 21.9 Å². The lowest BCUT2D eigenvalue weighted by molar-refractivity contribution is -0.136. The number of ketones is 1. The van der Waals surface area contributed by atoms with Gasteiger partial charge in [-0.05, 0) is 42.5 Å². The zero-order valence-corrected chi connectivity index (χ0v) is 18.6. The van der Waals surface area contributed by atoms with Gasteiger partial charge in [0.2, 0.25) is 5.13 Å². The number of benzene rings is 2. The predicted molar refractivity (Wildman–Crippen MR) is 123 cm³/mol. The lowest BCUT2D eigenvalue weighted by Gasteiger charge is -2.35. The van der Waals surface area contributed by atoms with E-state index in [9.17, 15) is 9.59 Å². The summed E-state index contributed by atoms with van der Waals surface area (Å²) in [6, 6.07) is 16.2. The molecule has 1 aromatic heterocycles. The lowest BCUT2D eigenvalue weighted by atomic mass is 9.78. The van der Waals surface area contributed by atoms with E-state index >= 15 is 0 Å². The summed E-state index contributed by atoms with van der Waals surface area (Å²) in [5, 5.41) is 5.48. The minimum atomic E-state index is -0.733. The number of amides is 1. The summed E-state index contributed by atoms with van der Waals surface area (Å²) in [5.74, 6) is -0.725. The standard InChI is InChI=1S/C24H26N4O2S/c1-13(2)16-10-8-15(9-11-16)12-17-14(3)25-22-20(21(17)29)23(30)28(27-22)24-26-18-6-4-5-7-19(18)31-24/h4-11,13-14,17,20,22,25,27H,12H2,1-3H3. The Kier molecular flexibility index (Phi) is 5.12. The fraction of sp³-hybridized carbons (Fsp3) is 0.375. The van der Waals surface area contributed by atoms with Gasteiger partial charge in [-0.15, -0.1) is 0 Å². The average Bonchev–Trinajstić information content (AvgIpc) is 3.32.